The summed E-state index contributed by atoms with van der Waals surface area (Å²) < 4.78 is 5.91. The Morgan fingerprint density at radius 1 is 1.44 bits per heavy atom. The molecule has 0 bridgehead atoms. The van der Waals surface area contributed by atoms with E-state index in [0.717, 1.165) is 5.75 Å². The van der Waals surface area contributed by atoms with Gasteiger partial charge in [-0.15, -0.1) is 0 Å². The molecular weight excluding hydrogens is 264 g/mol. The van der Waals surface area contributed by atoms with Crippen LogP contribution in [0.15, 0.2) is 23.1 Å². The van der Waals surface area contributed by atoms with E-state index >= 15 is 0 Å². The zero-order valence-electron chi connectivity index (χ0n) is 11.3. The Morgan fingerprint density at radius 2 is 2.17 bits per heavy atom. The quantitative estimate of drug-likeness (QED) is 0.857. The number of nitrogens with zero attached hydrogens (tertiary/aromatic N) is 1. The molecule has 3 nitrogen and oxygen atoms in total. The number of fused-ring (bicyclic) bond motifs is 1. The Hall–Kier alpha value is -0.520. The van der Waals surface area contributed by atoms with Crippen LogP contribution in [-0.4, -0.2) is 16.9 Å². The van der Waals surface area contributed by atoms with Gasteiger partial charge in [-0.05, 0) is 51.8 Å². The molecule has 1 unspecified atom stereocenters. The van der Waals surface area contributed by atoms with E-state index in [1.54, 1.807) is 11.8 Å². The molecule has 0 radical (unpaired) electrons. The van der Waals surface area contributed by atoms with Gasteiger partial charge in [-0.2, -0.15) is 0 Å². The minimum absolute atomic E-state index is 0.0418. The molecule has 18 heavy (non-hydrogen) atoms. The van der Waals surface area contributed by atoms with Crippen LogP contribution >= 0.6 is 23.7 Å². The first kappa shape index (κ1) is 13.9. The largest absolute Gasteiger partial charge is 0.493 e. The van der Waals surface area contributed by atoms with Crippen molar-refractivity contribution in [3.05, 3.63) is 18.2 Å². The number of anilines is 1. The molecule has 5 heteroatoms. The van der Waals surface area contributed by atoms with Crippen LogP contribution in [-0.2, 0) is 0 Å². The van der Waals surface area contributed by atoms with Gasteiger partial charge in [-0.1, -0.05) is 17.8 Å². The number of benzene rings is 1. The third-order valence-electron chi connectivity index (χ3n) is 2.79. The van der Waals surface area contributed by atoms with E-state index in [1.165, 1.54) is 22.5 Å². The highest BCUT2D eigenvalue weighted by atomic mass is 32.2. The second-order valence-electron chi connectivity index (χ2n) is 5.14. The first-order valence-corrected chi connectivity index (χ1v) is 7.88. The predicted octanol–water partition coefficient (Wildman–Crippen LogP) is 3.69. The Balaban J connectivity index is 2.45. The number of hydrogen-bond acceptors (Lipinski definition) is 5. The van der Waals surface area contributed by atoms with Crippen molar-refractivity contribution in [1.29, 1.82) is 0 Å². The first-order valence-electron chi connectivity index (χ1n) is 6.06. The van der Waals surface area contributed by atoms with Crippen LogP contribution in [0.3, 0.4) is 0 Å². The molecule has 0 fully saturated rings. The van der Waals surface area contributed by atoms with Crippen LogP contribution in [0.25, 0.3) is 0 Å². The van der Waals surface area contributed by atoms with Crippen LogP contribution < -0.4 is 14.8 Å². The second-order valence-corrected chi connectivity index (χ2v) is 7.25. The number of rotatable bonds is 3. The van der Waals surface area contributed by atoms with E-state index in [2.05, 4.69) is 31.7 Å². The molecule has 1 aromatic carbocycles. The smallest absolute Gasteiger partial charge is 0.141 e. The number of nitrogens with two attached hydrogens (primary N) is 1. The zero-order valence-corrected chi connectivity index (χ0v) is 12.9. The Bertz CT molecular complexity index is 431. The number of thioether (sulfide) groups is 1. The highest BCUT2D eigenvalue weighted by molar-refractivity contribution is 8.16. The van der Waals surface area contributed by atoms with Crippen molar-refractivity contribution in [3.63, 3.8) is 0 Å². The lowest BCUT2D eigenvalue weighted by atomic mass is 10.1. The Kier molecular flexibility index (Phi) is 4.04. The van der Waals surface area contributed by atoms with Gasteiger partial charge < -0.3 is 9.64 Å². The summed E-state index contributed by atoms with van der Waals surface area (Å²) in [6.45, 7) is 9.32. The third-order valence-corrected chi connectivity index (χ3v) is 4.91. The summed E-state index contributed by atoms with van der Waals surface area (Å²) in [5.74, 6) is 0.964. The van der Waals surface area contributed by atoms with Gasteiger partial charge in [0, 0.05) is 5.54 Å². The summed E-state index contributed by atoms with van der Waals surface area (Å²) in [4.78, 5) is 3.57. The van der Waals surface area contributed by atoms with Crippen molar-refractivity contribution in [1.82, 2.24) is 0 Å². The van der Waals surface area contributed by atoms with E-state index < -0.39 is 0 Å². The van der Waals surface area contributed by atoms with Gasteiger partial charge >= 0.3 is 0 Å². The van der Waals surface area contributed by atoms with E-state index in [1.807, 2.05) is 19.1 Å². The summed E-state index contributed by atoms with van der Waals surface area (Å²) in [6.07, 6.45) is 0. The van der Waals surface area contributed by atoms with Crippen molar-refractivity contribution >= 4 is 29.4 Å². The molecule has 2 N–H and O–H groups in total. The van der Waals surface area contributed by atoms with Gasteiger partial charge in [-0.25, -0.2) is 0 Å². The van der Waals surface area contributed by atoms with Crippen molar-refractivity contribution in [2.45, 2.75) is 42.8 Å². The number of ether oxygens (including phenoxy) is 1. The van der Waals surface area contributed by atoms with Crippen LogP contribution in [0.1, 0.15) is 27.7 Å². The maximum absolute atomic E-state index is 5.84. The molecule has 1 aliphatic heterocycles. The molecule has 1 atom stereocenters. The molecule has 0 spiro atoms. The van der Waals surface area contributed by atoms with Crippen LogP contribution in [0.5, 0.6) is 5.75 Å². The maximum Gasteiger partial charge on any atom is 0.141 e. The lowest BCUT2D eigenvalue weighted by Crippen LogP contribution is -2.44. The Morgan fingerprint density at radius 3 is 2.72 bits per heavy atom. The van der Waals surface area contributed by atoms with Gasteiger partial charge in [-0.3, -0.25) is 5.14 Å². The standard InChI is InChI=1S/C13H20N2OS2/c1-5-16-10-8-6-7-9-11(10)17-12(18-14)15(9)13(2,3)4/h6-8,12H,5,14H2,1-4H3. The maximum atomic E-state index is 5.84. The highest BCUT2D eigenvalue weighted by Gasteiger charge is 2.38. The molecule has 100 valence electrons. The van der Waals surface area contributed by atoms with E-state index in [4.69, 9.17) is 9.88 Å². The van der Waals surface area contributed by atoms with E-state index in [9.17, 15) is 0 Å². The van der Waals surface area contributed by atoms with E-state index in [0.29, 0.717) is 6.61 Å². The average Bonchev–Trinajstić information content (AvgIpc) is 2.68. The molecule has 2 rings (SSSR count). The fourth-order valence-electron chi connectivity index (χ4n) is 2.11. The second kappa shape index (κ2) is 5.23. The lowest BCUT2D eigenvalue weighted by molar-refractivity contribution is 0.332. The normalized spacial score (nSPS) is 18.9. The average molecular weight is 284 g/mol. The van der Waals surface area contributed by atoms with Gasteiger partial charge in [0.25, 0.3) is 0 Å². The van der Waals surface area contributed by atoms with Gasteiger partial charge in [0.05, 0.1) is 17.2 Å². The molecule has 1 aliphatic rings. The first-order chi connectivity index (χ1) is 8.49. The summed E-state index contributed by atoms with van der Waals surface area (Å²) in [6, 6.07) is 6.22. The molecule has 1 heterocycles. The Labute approximate surface area is 118 Å². The van der Waals surface area contributed by atoms with Gasteiger partial charge in [0.1, 0.15) is 10.5 Å². The monoisotopic (exact) mass is 284 g/mol. The summed E-state index contributed by atoms with van der Waals surface area (Å²) in [7, 11) is 0. The summed E-state index contributed by atoms with van der Waals surface area (Å²) >= 11 is 3.16. The molecule has 0 saturated carbocycles. The van der Waals surface area contributed by atoms with Crippen molar-refractivity contribution in [2.75, 3.05) is 11.5 Å². The minimum atomic E-state index is 0.0418. The van der Waals surface area contributed by atoms with Gasteiger partial charge in [0.15, 0.2) is 0 Å². The van der Waals surface area contributed by atoms with E-state index in [-0.39, 0.29) is 10.2 Å². The van der Waals surface area contributed by atoms with Crippen LogP contribution in [0, 0.1) is 0 Å². The molecule has 1 aromatic rings. The molecule has 0 saturated heterocycles. The highest BCUT2D eigenvalue weighted by Crippen LogP contribution is 2.53. The minimum Gasteiger partial charge on any atom is -0.493 e. The predicted molar refractivity (Wildman–Crippen MR) is 81.3 cm³/mol. The molecule has 0 aromatic heterocycles. The van der Waals surface area contributed by atoms with Crippen molar-refractivity contribution < 1.29 is 4.74 Å². The molecule has 0 amide bonds. The van der Waals surface area contributed by atoms with Crippen LogP contribution in [0.2, 0.25) is 0 Å². The molecular formula is C13H20N2OS2. The fraction of sp³-hybridized carbons (Fsp3) is 0.538. The van der Waals surface area contributed by atoms with Gasteiger partial charge in [0.2, 0.25) is 0 Å². The SMILES string of the molecule is CCOc1cccc2c1SC(SN)N2C(C)(C)C. The number of hydrogen-bond donors (Lipinski definition) is 1. The molecule has 0 aliphatic carbocycles. The zero-order chi connectivity index (χ0) is 13.3. The van der Waals surface area contributed by atoms with Crippen molar-refractivity contribution in [3.8, 4) is 5.75 Å². The fourth-order valence-corrected chi connectivity index (χ4v) is 4.44. The third kappa shape index (κ3) is 2.44. The lowest BCUT2D eigenvalue weighted by Gasteiger charge is -2.37. The van der Waals surface area contributed by atoms with Crippen LogP contribution in [0.4, 0.5) is 5.69 Å². The van der Waals surface area contributed by atoms with Crippen molar-refractivity contribution in [2.24, 2.45) is 5.14 Å². The summed E-state index contributed by atoms with van der Waals surface area (Å²) in [5, 5.41) is 5.84. The summed E-state index contributed by atoms with van der Waals surface area (Å²) in [5.41, 5.74) is 1.27. The topological polar surface area (TPSA) is 38.5 Å².